The Kier molecular flexibility index (Phi) is 10.6. The number of nitrogens with one attached hydrogen (secondary N) is 1. The molecule has 1 atom stereocenters. The van der Waals surface area contributed by atoms with Crippen molar-refractivity contribution >= 4 is 46.8 Å². The molecule has 0 aliphatic rings. The summed E-state index contributed by atoms with van der Waals surface area (Å²) in [4.78, 5) is 27.3. The molecule has 0 aromatic heterocycles. The first-order chi connectivity index (χ1) is 14.4. The molecule has 0 saturated heterocycles. The number of hydrogen-bond donors (Lipinski definition) is 1. The highest BCUT2D eigenvalue weighted by Gasteiger charge is 2.25. The molecule has 30 heavy (non-hydrogen) atoms. The molecule has 2 aromatic rings. The fraction of sp³-hybridized carbons (Fsp3) is 0.391. The van der Waals surface area contributed by atoms with Crippen molar-refractivity contribution in [3.8, 4) is 0 Å². The summed E-state index contributed by atoms with van der Waals surface area (Å²) < 4.78 is 0. The van der Waals surface area contributed by atoms with Gasteiger partial charge in [-0.25, -0.2) is 0 Å². The van der Waals surface area contributed by atoms with Gasteiger partial charge in [-0.2, -0.15) is 0 Å². The van der Waals surface area contributed by atoms with Gasteiger partial charge in [-0.05, 0) is 36.6 Å². The van der Waals surface area contributed by atoms with Gasteiger partial charge in [0.15, 0.2) is 0 Å². The predicted octanol–water partition coefficient (Wildman–Crippen LogP) is 5.56. The highest BCUT2D eigenvalue weighted by molar-refractivity contribution is 7.99. The van der Waals surface area contributed by atoms with E-state index in [1.54, 1.807) is 24.0 Å². The van der Waals surface area contributed by atoms with E-state index in [0.29, 0.717) is 28.9 Å². The van der Waals surface area contributed by atoms with Crippen LogP contribution in [0.4, 0.5) is 0 Å². The number of carbonyl (C=O) groups excluding carboxylic acids is 2. The molecule has 1 N–H and O–H groups in total. The van der Waals surface area contributed by atoms with Gasteiger partial charge in [0.2, 0.25) is 11.8 Å². The number of amides is 2. The summed E-state index contributed by atoms with van der Waals surface area (Å²) in [5.41, 5.74) is 1.92. The summed E-state index contributed by atoms with van der Waals surface area (Å²) in [7, 11) is 0. The normalized spacial score (nSPS) is 11.7. The lowest BCUT2D eigenvalue weighted by molar-refractivity contribution is -0.138. The summed E-state index contributed by atoms with van der Waals surface area (Å²) in [5.74, 6) is 0.654. The van der Waals surface area contributed by atoms with Crippen molar-refractivity contribution in [2.24, 2.45) is 0 Å². The molecule has 2 aromatic carbocycles. The molecule has 0 saturated carbocycles. The van der Waals surface area contributed by atoms with E-state index < -0.39 is 6.04 Å². The van der Waals surface area contributed by atoms with Crippen molar-refractivity contribution in [2.45, 2.75) is 45.0 Å². The Labute approximate surface area is 193 Å². The minimum atomic E-state index is -0.547. The van der Waals surface area contributed by atoms with Gasteiger partial charge in [0.1, 0.15) is 6.04 Å². The number of hydrogen-bond acceptors (Lipinski definition) is 3. The number of halogens is 2. The van der Waals surface area contributed by atoms with E-state index >= 15 is 0 Å². The van der Waals surface area contributed by atoms with Crippen LogP contribution >= 0.6 is 35.0 Å². The number of rotatable bonds is 11. The Balaban J connectivity index is 2.02. The third-order valence-electron chi connectivity index (χ3n) is 4.69. The Bertz CT molecular complexity index is 833. The maximum atomic E-state index is 13.0. The number of nitrogens with zero attached hydrogens (tertiary/aromatic N) is 1. The van der Waals surface area contributed by atoms with E-state index in [2.05, 4.69) is 12.2 Å². The largest absolute Gasteiger partial charge is 0.354 e. The van der Waals surface area contributed by atoms with Crippen LogP contribution in [0.2, 0.25) is 10.0 Å². The van der Waals surface area contributed by atoms with Crippen molar-refractivity contribution in [2.75, 3.05) is 12.3 Å². The quantitative estimate of drug-likeness (QED) is 0.440. The van der Waals surface area contributed by atoms with E-state index in [-0.39, 0.29) is 17.6 Å². The summed E-state index contributed by atoms with van der Waals surface area (Å²) in [6.07, 6.45) is 1.92. The molecule has 7 heteroatoms. The zero-order valence-corrected chi connectivity index (χ0v) is 19.7. The van der Waals surface area contributed by atoms with Crippen LogP contribution in [0.3, 0.4) is 0 Å². The molecule has 2 amide bonds. The van der Waals surface area contributed by atoms with Crippen LogP contribution in [0, 0.1) is 0 Å². The van der Waals surface area contributed by atoms with Crippen molar-refractivity contribution in [3.05, 3.63) is 69.7 Å². The molecule has 0 radical (unpaired) electrons. The van der Waals surface area contributed by atoms with Crippen molar-refractivity contribution < 1.29 is 9.59 Å². The fourth-order valence-electron chi connectivity index (χ4n) is 2.87. The van der Waals surface area contributed by atoms with Gasteiger partial charge in [-0.15, -0.1) is 11.8 Å². The second kappa shape index (κ2) is 12.9. The minimum absolute atomic E-state index is 0.0768. The summed E-state index contributed by atoms with van der Waals surface area (Å²) in [6.45, 7) is 4.87. The van der Waals surface area contributed by atoms with Crippen molar-refractivity contribution in [3.63, 3.8) is 0 Å². The SMILES string of the molecule is CCCCNC(=O)[C@H](C)N(Cc1ccccc1)C(=O)CSCc1ccc(Cl)cc1Cl. The second-order valence-corrected chi connectivity index (χ2v) is 8.89. The van der Waals surface area contributed by atoms with Crippen molar-refractivity contribution in [1.82, 2.24) is 10.2 Å². The molecule has 0 heterocycles. The van der Waals surface area contributed by atoms with Crippen LogP contribution in [-0.2, 0) is 21.9 Å². The van der Waals surface area contributed by atoms with Crippen LogP contribution in [0.15, 0.2) is 48.5 Å². The first-order valence-electron chi connectivity index (χ1n) is 10.0. The first-order valence-corrected chi connectivity index (χ1v) is 12.0. The van der Waals surface area contributed by atoms with Crippen LogP contribution in [0.25, 0.3) is 0 Å². The number of carbonyl (C=O) groups is 2. The van der Waals surface area contributed by atoms with E-state index in [1.807, 2.05) is 36.4 Å². The molecule has 2 rings (SSSR count). The summed E-state index contributed by atoms with van der Waals surface area (Å²) in [5, 5.41) is 4.10. The van der Waals surface area contributed by atoms with Crippen LogP contribution in [0.1, 0.15) is 37.8 Å². The average Bonchev–Trinajstić information content (AvgIpc) is 2.73. The van der Waals surface area contributed by atoms with Gasteiger partial charge >= 0.3 is 0 Å². The van der Waals surface area contributed by atoms with E-state index in [0.717, 1.165) is 24.0 Å². The predicted molar refractivity (Wildman–Crippen MR) is 127 cm³/mol. The van der Waals surface area contributed by atoms with Crippen LogP contribution < -0.4 is 5.32 Å². The molecule has 162 valence electrons. The number of benzene rings is 2. The van der Waals surface area contributed by atoms with Gasteiger partial charge in [0.05, 0.1) is 5.75 Å². The third-order valence-corrected chi connectivity index (χ3v) is 6.24. The highest BCUT2D eigenvalue weighted by Crippen LogP contribution is 2.25. The van der Waals surface area contributed by atoms with Gasteiger partial charge in [-0.1, -0.05) is 72.9 Å². The maximum absolute atomic E-state index is 13.0. The Hall–Kier alpha value is -1.69. The number of unbranched alkanes of at least 4 members (excludes halogenated alkanes) is 1. The molecule has 0 fully saturated rings. The standard InChI is InChI=1S/C23H28Cl2N2O2S/c1-3-4-12-26-23(29)17(2)27(14-18-8-6-5-7-9-18)22(28)16-30-15-19-10-11-20(24)13-21(19)25/h5-11,13,17H,3-4,12,14-16H2,1-2H3,(H,26,29)/t17-/m0/s1. The smallest absolute Gasteiger partial charge is 0.242 e. The van der Waals surface area contributed by atoms with Gasteiger partial charge < -0.3 is 10.2 Å². The number of thioether (sulfide) groups is 1. The average molecular weight is 467 g/mol. The van der Waals surface area contributed by atoms with E-state index in [1.165, 1.54) is 11.8 Å². The second-order valence-electron chi connectivity index (χ2n) is 7.06. The van der Waals surface area contributed by atoms with E-state index in [4.69, 9.17) is 23.2 Å². The zero-order valence-electron chi connectivity index (χ0n) is 17.4. The lowest BCUT2D eigenvalue weighted by Gasteiger charge is -2.28. The summed E-state index contributed by atoms with van der Waals surface area (Å²) in [6, 6.07) is 14.5. The van der Waals surface area contributed by atoms with Gasteiger partial charge in [-0.3, -0.25) is 9.59 Å². The van der Waals surface area contributed by atoms with Crippen LogP contribution in [0.5, 0.6) is 0 Å². The lowest BCUT2D eigenvalue weighted by Crippen LogP contribution is -2.48. The maximum Gasteiger partial charge on any atom is 0.242 e. The Morgan fingerprint density at radius 1 is 1.13 bits per heavy atom. The molecular weight excluding hydrogens is 439 g/mol. The molecule has 0 aliphatic carbocycles. The fourth-order valence-corrected chi connectivity index (χ4v) is 4.34. The third kappa shape index (κ3) is 7.86. The lowest BCUT2D eigenvalue weighted by atomic mass is 10.1. The topological polar surface area (TPSA) is 49.4 Å². The minimum Gasteiger partial charge on any atom is -0.354 e. The monoisotopic (exact) mass is 466 g/mol. The molecule has 0 spiro atoms. The molecule has 0 aliphatic heterocycles. The Morgan fingerprint density at radius 2 is 1.87 bits per heavy atom. The Morgan fingerprint density at radius 3 is 2.53 bits per heavy atom. The first kappa shape index (κ1) is 24.6. The summed E-state index contributed by atoms with van der Waals surface area (Å²) >= 11 is 13.6. The van der Waals surface area contributed by atoms with E-state index in [9.17, 15) is 9.59 Å². The van der Waals surface area contributed by atoms with Gasteiger partial charge in [0, 0.05) is 28.9 Å². The molecular formula is C23H28Cl2N2O2S. The van der Waals surface area contributed by atoms with Gasteiger partial charge in [0.25, 0.3) is 0 Å². The zero-order chi connectivity index (χ0) is 21.9. The molecule has 4 nitrogen and oxygen atoms in total. The highest BCUT2D eigenvalue weighted by atomic mass is 35.5. The van der Waals surface area contributed by atoms with Crippen molar-refractivity contribution in [1.29, 1.82) is 0 Å². The van der Waals surface area contributed by atoms with Crippen LogP contribution in [-0.4, -0.2) is 35.1 Å². The molecule has 0 bridgehead atoms. The molecule has 0 unspecified atom stereocenters.